The molecule has 0 unspecified atom stereocenters. The summed E-state index contributed by atoms with van der Waals surface area (Å²) >= 11 is 12.4. The number of hydrogen-bond acceptors (Lipinski definition) is 6. The number of hydrogen-bond donors (Lipinski definition) is 3. The average molecular weight is 445 g/mol. The van der Waals surface area contributed by atoms with Crippen molar-refractivity contribution in [3.8, 4) is 23.0 Å². The van der Waals surface area contributed by atoms with E-state index in [1.54, 1.807) is 0 Å². The number of phenolic OH excluding ortho intramolecular Hbond substituents is 2. The van der Waals surface area contributed by atoms with Crippen molar-refractivity contribution in [3.63, 3.8) is 0 Å². The van der Waals surface area contributed by atoms with Gasteiger partial charge in [-0.15, -0.1) is 0 Å². The predicted octanol–water partition coefficient (Wildman–Crippen LogP) is 4.67. The lowest BCUT2D eigenvalue weighted by molar-refractivity contribution is 0.0224. The number of phenols is 2. The van der Waals surface area contributed by atoms with E-state index < -0.39 is 17.5 Å². The Morgan fingerprint density at radius 3 is 1.97 bits per heavy atom. The van der Waals surface area contributed by atoms with Crippen molar-refractivity contribution in [1.29, 1.82) is 0 Å². The van der Waals surface area contributed by atoms with Crippen LogP contribution in [-0.2, 0) is 10.3 Å². The number of carbonyl (C=O) groups is 2. The Morgan fingerprint density at radius 2 is 1.43 bits per heavy atom. The van der Waals surface area contributed by atoms with Gasteiger partial charge in [0.15, 0.2) is 5.60 Å². The molecule has 2 heterocycles. The third-order valence-electron chi connectivity index (χ3n) is 5.18. The van der Waals surface area contributed by atoms with Gasteiger partial charge in [-0.05, 0) is 30.3 Å². The number of aromatic hydroxyl groups is 2. The zero-order valence-corrected chi connectivity index (χ0v) is 16.3. The summed E-state index contributed by atoms with van der Waals surface area (Å²) in [5.41, 5.74) is -1.12. The van der Waals surface area contributed by atoms with Crippen LogP contribution in [0.2, 0.25) is 10.0 Å². The number of benzene rings is 3. The van der Waals surface area contributed by atoms with Gasteiger partial charge in [0.25, 0.3) is 0 Å². The van der Waals surface area contributed by atoms with E-state index in [9.17, 15) is 24.9 Å². The van der Waals surface area contributed by atoms with Gasteiger partial charge < -0.3 is 24.8 Å². The van der Waals surface area contributed by atoms with Crippen LogP contribution in [0.3, 0.4) is 0 Å². The molecule has 150 valence electrons. The van der Waals surface area contributed by atoms with Gasteiger partial charge in [-0.2, -0.15) is 0 Å². The molecule has 2 aliphatic heterocycles. The third kappa shape index (κ3) is 2.27. The van der Waals surface area contributed by atoms with Crippen LogP contribution in [0.25, 0.3) is 0 Å². The molecule has 0 saturated heterocycles. The van der Waals surface area contributed by atoms with Crippen LogP contribution < -0.4 is 4.74 Å². The number of ether oxygens (including phenoxy) is 2. The highest BCUT2D eigenvalue weighted by molar-refractivity contribution is 6.45. The van der Waals surface area contributed by atoms with Crippen molar-refractivity contribution in [3.05, 3.63) is 80.3 Å². The SMILES string of the molecule is O=C(O)c1cc2c(c(Cl)c1Cl)C(=O)OC21c2ccc(O)cc2Oc2cc(O)ccc21. The molecule has 0 fully saturated rings. The number of esters is 1. The zero-order valence-electron chi connectivity index (χ0n) is 14.8. The summed E-state index contributed by atoms with van der Waals surface area (Å²) in [6.45, 7) is 0. The largest absolute Gasteiger partial charge is 0.508 e. The van der Waals surface area contributed by atoms with Crippen LogP contribution >= 0.6 is 23.2 Å². The lowest BCUT2D eigenvalue weighted by atomic mass is 9.77. The summed E-state index contributed by atoms with van der Waals surface area (Å²) in [4.78, 5) is 24.6. The van der Waals surface area contributed by atoms with Crippen LogP contribution in [0.15, 0.2) is 42.5 Å². The molecule has 0 aromatic heterocycles. The maximum atomic E-state index is 12.9. The molecule has 0 saturated carbocycles. The van der Waals surface area contributed by atoms with Gasteiger partial charge in [-0.25, -0.2) is 9.59 Å². The van der Waals surface area contributed by atoms with E-state index in [0.29, 0.717) is 11.1 Å². The highest BCUT2D eigenvalue weighted by atomic mass is 35.5. The second-order valence-corrected chi connectivity index (χ2v) is 7.57. The first-order chi connectivity index (χ1) is 14.2. The molecule has 0 bridgehead atoms. The fourth-order valence-electron chi connectivity index (χ4n) is 3.94. The summed E-state index contributed by atoms with van der Waals surface area (Å²) in [6, 6.07) is 9.68. The Labute approximate surface area is 178 Å². The van der Waals surface area contributed by atoms with E-state index >= 15 is 0 Å². The van der Waals surface area contributed by atoms with E-state index in [1.807, 2.05) is 0 Å². The predicted molar refractivity (Wildman–Crippen MR) is 105 cm³/mol. The van der Waals surface area contributed by atoms with Crippen LogP contribution in [0.5, 0.6) is 23.0 Å². The number of carboxylic acids is 1. The minimum Gasteiger partial charge on any atom is -0.508 e. The molecule has 3 N–H and O–H groups in total. The fourth-order valence-corrected chi connectivity index (χ4v) is 4.45. The van der Waals surface area contributed by atoms with Gasteiger partial charge in [-0.3, -0.25) is 0 Å². The maximum absolute atomic E-state index is 12.9. The van der Waals surface area contributed by atoms with Crippen LogP contribution in [0.1, 0.15) is 37.4 Å². The van der Waals surface area contributed by atoms with Crippen LogP contribution in [0.4, 0.5) is 0 Å². The molecule has 0 aliphatic carbocycles. The number of halogens is 2. The molecule has 0 atom stereocenters. The van der Waals surface area contributed by atoms with Crippen molar-refractivity contribution >= 4 is 35.1 Å². The molecule has 7 nitrogen and oxygen atoms in total. The molecule has 3 aromatic rings. The van der Waals surface area contributed by atoms with Crippen molar-refractivity contribution in [2.24, 2.45) is 0 Å². The number of rotatable bonds is 1. The van der Waals surface area contributed by atoms with Gasteiger partial charge in [0.2, 0.25) is 0 Å². The lowest BCUT2D eigenvalue weighted by Gasteiger charge is -2.36. The second-order valence-electron chi connectivity index (χ2n) is 6.81. The molecular weight excluding hydrogens is 435 g/mol. The van der Waals surface area contributed by atoms with E-state index in [-0.39, 0.29) is 49.7 Å². The van der Waals surface area contributed by atoms with Gasteiger partial charge in [0.1, 0.15) is 23.0 Å². The van der Waals surface area contributed by atoms with E-state index in [4.69, 9.17) is 32.7 Å². The van der Waals surface area contributed by atoms with Gasteiger partial charge in [0.05, 0.1) is 21.2 Å². The summed E-state index contributed by atoms with van der Waals surface area (Å²) in [5.74, 6) is -2.00. The van der Waals surface area contributed by atoms with Crippen molar-refractivity contribution < 1.29 is 34.4 Å². The topological polar surface area (TPSA) is 113 Å². The smallest absolute Gasteiger partial charge is 0.341 e. The molecule has 9 heteroatoms. The van der Waals surface area contributed by atoms with Crippen LogP contribution in [0, 0.1) is 0 Å². The minimum atomic E-state index is -1.62. The molecule has 3 aromatic carbocycles. The van der Waals surface area contributed by atoms with Crippen LogP contribution in [-0.4, -0.2) is 27.3 Å². The molecule has 1 spiro atoms. The normalized spacial score (nSPS) is 15.1. The quantitative estimate of drug-likeness (QED) is 0.467. The Kier molecular flexibility index (Phi) is 3.75. The standard InChI is InChI=1S/C21H10Cl2O7/c22-17-10(19(26)27)7-13-16(18(17)23)20(28)30-21(13)11-3-1-8(24)5-14(11)29-15-6-9(25)2-4-12(15)21/h1-7,24-25H,(H,26,27). The second kappa shape index (κ2) is 6.04. The molecule has 0 radical (unpaired) electrons. The van der Waals surface area contributed by atoms with Crippen molar-refractivity contribution in [2.75, 3.05) is 0 Å². The fraction of sp³-hybridized carbons (Fsp3) is 0.0476. The molecule has 5 rings (SSSR count). The summed E-state index contributed by atoms with van der Waals surface area (Å²) in [5, 5.41) is 28.9. The summed E-state index contributed by atoms with van der Waals surface area (Å²) in [7, 11) is 0. The summed E-state index contributed by atoms with van der Waals surface area (Å²) in [6.07, 6.45) is 0. The molecule has 2 aliphatic rings. The average Bonchev–Trinajstić information content (AvgIpc) is 2.96. The summed E-state index contributed by atoms with van der Waals surface area (Å²) < 4.78 is 11.7. The van der Waals surface area contributed by atoms with Gasteiger partial charge in [0, 0.05) is 28.8 Å². The molecular formula is C21H10Cl2O7. The first-order valence-electron chi connectivity index (χ1n) is 8.58. The lowest BCUT2D eigenvalue weighted by Crippen LogP contribution is -2.33. The number of carboxylic acid groups (broad SMARTS) is 1. The Balaban J connectivity index is 1.94. The van der Waals surface area contributed by atoms with Crippen molar-refractivity contribution in [2.45, 2.75) is 5.60 Å². The van der Waals surface area contributed by atoms with E-state index in [1.165, 1.54) is 42.5 Å². The Bertz CT molecular complexity index is 1250. The Hall–Kier alpha value is -3.42. The Morgan fingerprint density at radius 1 is 0.867 bits per heavy atom. The highest BCUT2D eigenvalue weighted by Gasteiger charge is 2.55. The van der Waals surface area contributed by atoms with E-state index in [0.717, 1.165) is 0 Å². The number of carbonyl (C=O) groups excluding carboxylic acids is 1. The first kappa shape index (κ1) is 18.6. The minimum absolute atomic E-state index is 0.0633. The maximum Gasteiger partial charge on any atom is 0.341 e. The molecule has 0 amide bonds. The van der Waals surface area contributed by atoms with E-state index in [2.05, 4.69) is 0 Å². The van der Waals surface area contributed by atoms with Gasteiger partial charge >= 0.3 is 11.9 Å². The monoisotopic (exact) mass is 444 g/mol. The molecule has 30 heavy (non-hydrogen) atoms. The van der Waals surface area contributed by atoms with Gasteiger partial charge in [-0.1, -0.05) is 23.2 Å². The van der Waals surface area contributed by atoms with Crippen molar-refractivity contribution in [1.82, 2.24) is 0 Å². The number of fused-ring (bicyclic) bond motifs is 6. The zero-order chi connectivity index (χ0) is 21.4. The first-order valence-corrected chi connectivity index (χ1v) is 9.33. The highest BCUT2D eigenvalue weighted by Crippen LogP contribution is 2.58. The number of aromatic carboxylic acids is 1. The third-order valence-corrected chi connectivity index (χ3v) is 6.04.